The van der Waals surface area contributed by atoms with Gasteiger partial charge in [-0.3, -0.25) is 24.9 Å². The average molecular weight is 955 g/mol. The SMILES string of the molecule is Cc1ccc2cc(C)ncc2c1.Cc1ccc2cc(C)ncc2c1.Cc1ccc2cc(C)sc2c1.Cc1ccc2nc(C)sc2c1.Cc1cnc2cc(C)ccc2c1.Cc1cnc2cc(C)cnc2c1. The molecular formula is C62H62N6S2. The number of hydrogen-bond acceptors (Lipinski definition) is 8. The van der Waals surface area contributed by atoms with Gasteiger partial charge in [0, 0.05) is 68.1 Å². The topological polar surface area (TPSA) is 77.3 Å². The van der Waals surface area contributed by atoms with Crippen molar-refractivity contribution < 1.29 is 0 Å². The van der Waals surface area contributed by atoms with Crippen molar-refractivity contribution in [3.8, 4) is 0 Å². The van der Waals surface area contributed by atoms with Crippen molar-refractivity contribution in [3.63, 3.8) is 0 Å². The van der Waals surface area contributed by atoms with Gasteiger partial charge in [0.25, 0.3) is 0 Å². The molecule has 0 N–H and O–H groups in total. The summed E-state index contributed by atoms with van der Waals surface area (Å²) in [7, 11) is 0. The fraction of sp³-hybridized carbons (Fsp3) is 0.194. The fourth-order valence-corrected chi connectivity index (χ4v) is 9.65. The Kier molecular flexibility index (Phi) is 16.9. The van der Waals surface area contributed by atoms with Gasteiger partial charge in [-0.1, -0.05) is 65.7 Å². The molecule has 7 heterocycles. The lowest BCUT2D eigenvalue weighted by atomic mass is 10.1. The highest BCUT2D eigenvalue weighted by molar-refractivity contribution is 7.19. The third-order valence-electron chi connectivity index (χ3n) is 11.3. The van der Waals surface area contributed by atoms with E-state index in [1.807, 2.05) is 89.1 Å². The molecule has 70 heavy (non-hydrogen) atoms. The van der Waals surface area contributed by atoms with E-state index in [2.05, 4.69) is 194 Å². The van der Waals surface area contributed by atoms with Gasteiger partial charge in [-0.2, -0.15) is 0 Å². The molecule has 0 atom stereocenters. The first-order valence-corrected chi connectivity index (χ1v) is 25.2. The van der Waals surface area contributed by atoms with Gasteiger partial charge in [0.15, 0.2) is 0 Å². The third kappa shape index (κ3) is 14.4. The highest BCUT2D eigenvalue weighted by Gasteiger charge is 2.01. The number of nitrogens with zero attached hydrogens (tertiary/aromatic N) is 6. The minimum absolute atomic E-state index is 0.973. The second kappa shape index (κ2) is 23.4. The van der Waals surface area contributed by atoms with Crippen LogP contribution in [0.25, 0.3) is 63.8 Å². The molecular weight excluding hydrogens is 893 g/mol. The summed E-state index contributed by atoms with van der Waals surface area (Å²) in [6.07, 6.45) is 9.49. The second-order valence-corrected chi connectivity index (χ2v) is 20.8. The Hall–Kier alpha value is -7.26. The average Bonchev–Trinajstić information content (AvgIpc) is 3.89. The van der Waals surface area contributed by atoms with Crippen molar-refractivity contribution in [2.45, 2.75) is 83.1 Å². The molecule has 0 aliphatic rings. The molecule has 0 saturated carbocycles. The quantitative estimate of drug-likeness (QED) is 0.151. The zero-order valence-corrected chi connectivity index (χ0v) is 44.1. The van der Waals surface area contributed by atoms with Crippen LogP contribution < -0.4 is 0 Å². The van der Waals surface area contributed by atoms with Crippen LogP contribution in [0.3, 0.4) is 0 Å². The lowest BCUT2D eigenvalue weighted by molar-refractivity contribution is 1.22. The molecule has 12 rings (SSSR count). The van der Waals surface area contributed by atoms with Crippen LogP contribution in [-0.2, 0) is 0 Å². The van der Waals surface area contributed by atoms with Crippen LogP contribution in [0.15, 0.2) is 158 Å². The first kappa shape index (κ1) is 50.6. The summed E-state index contributed by atoms with van der Waals surface area (Å²) in [4.78, 5) is 27.2. The van der Waals surface area contributed by atoms with E-state index in [4.69, 9.17) is 0 Å². The first-order valence-electron chi connectivity index (χ1n) is 23.5. The van der Waals surface area contributed by atoms with Crippen LogP contribution in [0.5, 0.6) is 0 Å². The summed E-state index contributed by atoms with van der Waals surface area (Å²) in [5, 5.41) is 8.73. The van der Waals surface area contributed by atoms with E-state index in [9.17, 15) is 0 Å². The number of thiophene rings is 1. The van der Waals surface area contributed by atoms with Gasteiger partial charge in [0.05, 0.1) is 31.8 Å². The summed E-state index contributed by atoms with van der Waals surface area (Å²) in [6, 6.07) is 44.8. The Morgan fingerprint density at radius 2 is 0.686 bits per heavy atom. The van der Waals surface area contributed by atoms with Gasteiger partial charge in [0.1, 0.15) is 0 Å². The monoisotopic (exact) mass is 954 g/mol. The van der Waals surface area contributed by atoms with Gasteiger partial charge < -0.3 is 0 Å². The highest BCUT2D eigenvalue weighted by atomic mass is 32.1. The zero-order valence-electron chi connectivity index (χ0n) is 42.5. The van der Waals surface area contributed by atoms with Crippen molar-refractivity contribution in [2.24, 2.45) is 0 Å². The van der Waals surface area contributed by atoms with E-state index in [0.29, 0.717) is 0 Å². The number of hydrogen-bond donors (Lipinski definition) is 0. The van der Waals surface area contributed by atoms with Crippen LogP contribution in [-0.4, -0.2) is 29.9 Å². The molecule has 0 amide bonds. The van der Waals surface area contributed by atoms with Crippen LogP contribution in [0.2, 0.25) is 0 Å². The molecule has 7 aromatic heterocycles. The smallest absolute Gasteiger partial charge is 0.0907 e. The normalized spacial score (nSPS) is 10.6. The molecule has 0 aliphatic heterocycles. The fourth-order valence-electron chi connectivity index (χ4n) is 7.71. The standard InChI is InChI=1S/3C11H11N.C10H10N2.C10H10S.C9H9NS/c1-8-3-4-10-5-9(2)7-12-11(10)6-8;2*1-8-3-4-10-6-9(2)12-7-11(10)5-8;1-7-3-9-10(11-5-7)4-8(2)6-12-9;1-7-3-4-9-6-8(2)11-10(9)5-7;1-6-3-4-8-9(5-6)11-7(2)10-8/h3*3-7H,1-2H3;3-6H,1-2H3;3-6H,1-2H3;3-5H,1-2H3. The predicted molar refractivity (Wildman–Crippen MR) is 303 cm³/mol. The van der Waals surface area contributed by atoms with E-state index in [0.717, 1.165) is 49.6 Å². The van der Waals surface area contributed by atoms with E-state index < -0.39 is 0 Å². The van der Waals surface area contributed by atoms with Crippen molar-refractivity contribution in [1.29, 1.82) is 0 Å². The van der Waals surface area contributed by atoms with Gasteiger partial charge >= 0.3 is 0 Å². The molecule has 0 spiro atoms. The largest absolute Gasteiger partial charge is 0.261 e. The third-order valence-corrected chi connectivity index (χ3v) is 13.2. The molecule has 5 aromatic carbocycles. The molecule has 0 fully saturated rings. The number of fused-ring (bicyclic) bond motifs is 6. The molecule has 0 bridgehead atoms. The Bertz CT molecular complexity index is 3140. The Balaban J connectivity index is 0.000000124. The van der Waals surface area contributed by atoms with E-state index in [1.165, 1.54) is 80.0 Å². The summed E-state index contributed by atoms with van der Waals surface area (Å²) < 4.78 is 2.70. The number of aromatic nitrogens is 6. The van der Waals surface area contributed by atoms with E-state index >= 15 is 0 Å². The number of benzene rings is 5. The lowest BCUT2D eigenvalue weighted by Crippen LogP contribution is -1.85. The summed E-state index contributed by atoms with van der Waals surface area (Å²) in [5.74, 6) is 0. The van der Waals surface area contributed by atoms with Crippen molar-refractivity contribution in [1.82, 2.24) is 29.9 Å². The minimum atomic E-state index is 0.973. The number of thiazole rings is 1. The number of rotatable bonds is 0. The van der Waals surface area contributed by atoms with Crippen LogP contribution in [0, 0.1) is 83.1 Å². The maximum atomic E-state index is 4.37. The highest BCUT2D eigenvalue weighted by Crippen LogP contribution is 2.26. The van der Waals surface area contributed by atoms with Gasteiger partial charge in [0.2, 0.25) is 0 Å². The van der Waals surface area contributed by atoms with Gasteiger partial charge in [-0.25, -0.2) is 4.98 Å². The summed E-state index contributed by atoms with van der Waals surface area (Å²) in [5.41, 5.74) is 16.3. The number of pyridine rings is 5. The maximum Gasteiger partial charge on any atom is 0.0907 e. The zero-order chi connectivity index (χ0) is 49.9. The summed E-state index contributed by atoms with van der Waals surface area (Å²) >= 11 is 3.62. The molecule has 0 unspecified atom stereocenters. The Morgan fingerprint density at radius 1 is 0.271 bits per heavy atom. The van der Waals surface area contributed by atoms with Gasteiger partial charge in [-0.05, 0) is 205 Å². The maximum absolute atomic E-state index is 4.37. The van der Waals surface area contributed by atoms with Crippen molar-refractivity contribution >= 4 is 86.5 Å². The number of aryl methyl sites for hydroxylation is 12. The second-order valence-electron chi connectivity index (χ2n) is 18.2. The molecule has 0 radical (unpaired) electrons. The van der Waals surface area contributed by atoms with E-state index in [-0.39, 0.29) is 0 Å². The van der Waals surface area contributed by atoms with Crippen LogP contribution in [0.1, 0.15) is 65.8 Å². The van der Waals surface area contributed by atoms with Gasteiger partial charge in [-0.15, -0.1) is 22.7 Å². The van der Waals surface area contributed by atoms with Crippen molar-refractivity contribution in [2.75, 3.05) is 0 Å². The molecule has 8 heteroatoms. The van der Waals surface area contributed by atoms with Crippen molar-refractivity contribution in [3.05, 3.63) is 224 Å². The van der Waals surface area contributed by atoms with Crippen LogP contribution >= 0.6 is 22.7 Å². The molecule has 352 valence electrons. The lowest BCUT2D eigenvalue weighted by Gasteiger charge is -1.99. The minimum Gasteiger partial charge on any atom is -0.261 e. The first-order chi connectivity index (χ1) is 33.5. The molecule has 0 saturated heterocycles. The Labute approximate surface area is 421 Å². The summed E-state index contributed by atoms with van der Waals surface area (Å²) in [6.45, 7) is 24.8. The Morgan fingerprint density at radius 3 is 1.24 bits per heavy atom. The molecule has 12 aromatic rings. The molecule has 6 nitrogen and oxygen atoms in total. The molecule has 0 aliphatic carbocycles. The van der Waals surface area contributed by atoms with Crippen LogP contribution in [0.4, 0.5) is 0 Å². The van der Waals surface area contributed by atoms with E-state index in [1.54, 1.807) is 11.3 Å². The predicted octanol–water partition coefficient (Wildman–Crippen LogP) is 17.2.